The van der Waals surface area contributed by atoms with Crippen LogP contribution in [-0.4, -0.2) is 60.8 Å². The first kappa shape index (κ1) is 29.1. The Balaban J connectivity index is 1.72. The van der Waals surface area contributed by atoms with Crippen LogP contribution >= 0.6 is 0 Å². The fourth-order valence-corrected chi connectivity index (χ4v) is 3.81. The number of anilines is 2. The van der Waals surface area contributed by atoms with Crippen LogP contribution in [0.3, 0.4) is 0 Å². The summed E-state index contributed by atoms with van der Waals surface area (Å²) in [6.45, 7) is 9.09. The lowest BCUT2D eigenvalue weighted by Crippen LogP contribution is -2.17. The van der Waals surface area contributed by atoms with Crippen LogP contribution in [0.15, 0.2) is 36.4 Å². The molecular formula is C26H33F3N6O3. The molecule has 12 heteroatoms. The highest BCUT2D eigenvalue weighted by Gasteiger charge is 2.30. The van der Waals surface area contributed by atoms with E-state index in [-0.39, 0.29) is 12.3 Å². The third-order valence-electron chi connectivity index (χ3n) is 5.31. The topological polar surface area (TPSA) is 116 Å². The lowest BCUT2D eigenvalue weighted by molar-refractivity contribution is -0.274. The standard InChI is InChI=1S/C26H33F3N6O3/c1-17-14-18(2)22(19(3)15-17)23-33-24(31-9-11-37-13-12-36-10-8-30)35-25(34-23)32-16-20-4-6-21(7-5-20)38-26(27,28)29/h4-7,14-15H,8-13,16,30H2,1-3H3,(H2,31,32,33,34,35). The van der Waals surface area contributed by atoms with Gasteiger partial charge in [0.25, 0.3) is 0 Å². The zero-order valence-corrected chi connectivity index (χ0v) is 21.7. The Bertz CT molecular complexity index is 1150. The molecule has 4 N–H and O–H groups in total. The number of benzene rings is 2. The summed E-state index contributed by atoms with van der Waals surface area (Å²) in [6.07, 6.45) is -4.74. The molecule has 0 amide bonds. The van der Waals surface area contributed by atoms with Crippen molar-refractivity contribution in [2.24, 2.45) is 5.73 Å². The van der Waals surface area contributed by atoms with Gasteiger partial charge in [0, 0.05) is 25.2 Å². The van der Waals surface area contributed by atoms with E-state index in [4.69, 9.17) is 15.2 Å². The van der Waals surface area contributed by atoms with Crippen molar-refractivity contribution in [3.63, 3.8) is 0 Å². The Morgan fingerprint density at radius 1 is 0.816 bits per heavy atom. The molecule has 2 aromatic carbocycles. The zero-order valence-electron chi connectivity index (χ0n) is 21.7. The molecule has 0 aliphatic carbocycles. The highest BCUT2D eigenvalue weighted by Crippen LogP contribution is 2.27. The number of alkyl halides is 3. The number of nitrogens with one attached hydrogen (secondary N) is 2. The summed E-state index contributed by atoms with van der Waals surface area (Å²) in [7, 11) is 0. The minimum Gasteiger partial charge on any atom is -0.406 e. The summed E-state index contributed by atoms with van der Waals surface area (Å²) in [4.78, 5) is 13.7. The maximum atomic E-state index is 12.4. The first-order chi connectivity index (χ1) is 18.1. The quantitative estimate of drug-likeness (QED) is 0.259. The second kappa shape index (κ2) is 13.9. The average Bonchev–Trinajstić information content (AvgIpc) is 2.84. The van der Waals surface area contributed by atoms with Crippen molar-refractivity contribution in [2.75, 3.05) is 50.2 Å². The van der Waals surface area contributed by atoms with Crippen molar-refractivity contribution in [1.82, 2.24) is 15.0 Å². The van der Waals surface area contributed by atoms with Gasteiger partial charge in [-0.25, -0.2) is 0 Å². The van der Waals surface area contributed by atoms with Gasteiger partial charge in [-0.3, -0.25) is 0 Å². The minimum absolute atomic E-state index is 0.284. The summed E-state index contributed by atoms with van der Waals surface area (Å²) in [5, 5.41) is 6.30. The second-order valence-corrected chi connectivity index (χ2v) is 8.57. The van der Waals surface area contributed by atoms with E-state index >= 15 is 0 Å². The number of nitrogens with zero attached hydrogens (tertiary/aromatic N) is 3. The molecule has 0 atom stereocenters. The number of hydrogen-bond donors (Lipinski definition) is 3. The molecule has 3 rings (SSSR count). The van der Waals surface area contributed by atoms with Crippen LogP contribution in [0.4, 0.5) is 25.1 Å². The fraction of sp³-hybridized carbons (Fsp3) is 0.423. The van der Waals surface area contributed by atoms with Gasteiger partial charge in [0.2, 0.25) is 11.9 Å². The second-order valence-electron chi connectivity index (χ2n) is 8.57. The molecule has 0 unspecified atom stereocenters. The summed E-state index contributed by atoms with van der Waals surface area (Å²) in [6, 6.07) is 9.73. The minimum atomic E-state index is -4.74. The Labute approximate surface area is 219 Å². The Morgan fingerprint density at radius 3 is 2.03 bits per heavy atom. The molecule has 0 aliphatic rings. The van der Waals surface area contributed by atoms with Gasteiger partial charge in [0.05, 0.1) is 26.4 Å². The first-order valence-corrected chi connectivity index (χ1v) is 12.2. The maximum Gasteiger partial charge on any atom is 0.573 e. The van der Waals surface area contributed by atoms with Crippen LogP contribution in [0.5, 0.6) is 5.75 Å². The number of hydrogen-bond acceptors (Lipinski definition) is 9. The van der Waals surface area contributed by atoms with Crippen LogP contribution in [0, 0.1) is 20.8 Å². The molecule has 0 bridgehead atoms. The van der Waals surface area contributed by atoms with Gasteiger partial charge in [-0.05, 0) is 49.6 Å². The molecule has 0 saturated heterocycles. The largest absolute Gasteiger partial charge is 0.573 e. The Morgan fingerprint density at radius 2 is 1.42 bits per heavy atom. The third kappa shape index (κ3) is 9.43. The van der Waals surface area contributed by atoms with E-state index in [0.717, 1.165) is 27.8 Å². The van der Waals surface area contributed by atoms with Crippen LogP contribution < -0.4 is 21.1 Å². The fourth-order valence-electron chi connectivity index (χ4n) is 3.81. The number of rotatable bonds is 14. The van der Waals surface area contributed by atoms with Crippen molar-refractivity contribution in [1.29, 1.82) is 0 Å². The predicted molar refractivity (Wildman–Crippen MR) is 139 cm³/mol. The monoisotopic (exact) mass is 534 g/mol. The molecule has 38 heavy (non-hydrogen) atoms. The number of nitrogens with two attached hydrogens (primary N) is 1. The highest BCUT2D eigenvalue weighted by atomic mass is 19.4. The number of halogens is 3. The average molecular weight is 535 g/mol. The van der Waals surface area contributed by atoms with Gasteiger partial charge in [-0.2, -0.15) is 15.0 Å². The van der Waals surface area contributed by atoms with Crippen molar-refractivity contribution < 1.29 is 27.4 Å². The predicted octanol–water partition coefficient (Wildman–Crippen LogP) is 4.38. The molecule has 0 aliphatic heterocycles. The zero-order chi connectivity index (χ0) is 27.5. The third-order valence-corrected chi connectivity index (χ3v) is 5.31. The molecule has 1 aromatic heterocycles. The molecule has 0 fully saturated rings. The SMILES string of the molecule is Cc1cc(C)c(-c2nc(NCCOCCOCCN)nc(NCc3ccc(OC(F)(F)F)cc3)n2)c(C)c1. The summed E-state index contributed by atoms with van der Waals surface area (Å²) in [5.41, 5.74) is 10.2. The van der Waals surface area contributed by atoms with Gasteiger partial charge >= 0.3 is 6.36 Å². The Hall–Kier alpha value is -3.48. The van der Waals surface area contributed by atoms with E-state index in [1.807, 2.05) is 20.8 Å². The van der Waals surface area contributed by atoms with Crippen LogP contribution in [0.25, 0.3) is 11.4 Å². The highest BCUT2D eigenvalue weighted by molar-refractivity contribution is 5.67. The summed E-state index contributed by atoms with van der Waals surface area (Å²) in [5.74, 6) is 0.913. The molecule has 1 heterocycles. The van der Waals surface area contributed by atoms with Gasteiger partial charge in [-0.15, -0.1) is 13.2 Å². The molecular weight excluding hydrogens is 501 g/mol. The molecule has 206 valence electrons. The van der Waals surface area contributed by atoms with E-state index in [1.165, 1.54) is 24.3 Å². The number of aromatic nitrogens is 3. The van der Waals surface area contributed by atoms with Crippen molar-refractivity contribution in [2.45, 2.75) is 33.7 Å². The smallest absolute Gasteiger partial charge is 0.406 e. The maximum absolute atomic E-state index is 12.4. The van der Waals surface area contributed by atoms with Crippen LogP contribution in [0.1, 0.15) is 22.3 Å². The van der Waals surface area contributed by atoms with E-state index < -0.39 is 6.36 Å². The first-order valence-electron chi connectivity index (χ1n) is 12.2. The molecule has 0 saturated carbocycles. The molecule has 0 spiro atoms. The number of aryl methyl sites for hydroxylation is 3. The van der Waals surface area contributed by atoms with Crippen molar-refractivity contribution in [3.8, 4) is 17.1 Å². The van der Waals surface area contributed by atoms with Crippen LogP contribution in [-0.2, 0) is 16.0 Å². The number of ether oxygens (including phenoxy) is 3. The molecule has 3 aromatic rings. The lowest BCUT2D eigenvalue weighted by Gasteiger charge is -2.14. The van der Waals surface area contributed by atoms with Crippen LogP contribution in [0.2, 0.25) is 0 Å². The summed E-state index contributed by atoms with van der Waals surface area (Å²) < 4.78 is 52.0. The molecule has 9 nitrogen and oxygen atoms in total. The summed E-state index contributed by atoms with van der Waals surface area (Å²) >= 11 is 0. The van der Waals surface area contributed by atoms with Gasteiger partial charge in [0.15, 0.2) is 5.82 Å². The van der Waals surface area contributed by atoms with E-state index in [2.05, 4.69) is 42.5 Å². The van der Waals surface area contributed by atoms with Crippen molar-refractivity contribution in [3.05, 3.63) is 58.7 Å². The normalized spacial score (nSPS) is 11.4. The van der Waals surface area contributed by atoms with Gasteiger partial charge in [-0.1, -0.05) is 29.8 Å². The van der Waals surface area contributed by atoms with Gasteiger partial charge < -0.3 is 30.6 Å². The lowest BCUT2D eigenvalue weighted by atomic mass is 9.99. The molecule has 0 radical (unpaired) electrons. The van der Waals surface area contributed by atoms with Gasteiger partial charge in [0.1, 0.15) is 5.75 Å². The Kier molecular flexibility index (Phi) is 10.6. The van der Waals surface area contributed by atoms with E-state index in [0.29, 0.717) is 57.2 Å². The van der Waals surface area contributed by atoms with E-state index in [9.17, 15) is 13.2 Å². The van der Waals surface area contributed by atoms with Crippen molar-refractivity contribution >= 4 is 11.9 Å². The van der Waals surface area contributed by atoms with E-state index in [1.54, 1.807) is 0 Å².